The molecule has 21 heavy (non-hydrogen) atoms. The maximum atomic E-state index is 8.87. The van der Waals surface area contributed by atoms with Crippen LogP contribution >= 0.6 is 11.3 Å². The van der Waals surface area contributed by atoms with E-state index in [1.54, 1.807) is 22.2 Å². The topological polar surface area (TPSA) is 75.9 Å². The van der Waals surface area contributed by atoms with Gasteiger partial charge in [-0.15, -0.1) is 11.3 Å². The Morgan fingerprint density at radius 2 is 2.24 bits per heavy atom. The molecule has 2 N–H and O–H groups in total. The molecule has 7 heteroatoms. The molecule has 0 radical (unpaired) electrons. The summed E-state index contributed by atoms with van der Waals surface area (Å²) in [6.45, 7) is 0.817. The Hall–Kier alpha value is -2.25. The maximum absolute atomic E-state index is 8.87. The summed E-state index contributed by atoms with van der Waals surface area (Å²) < 4.78 is 1.70. The van der Waals surface area contributed by atoms with Gasteiger partial charge in [-0.3, -0.25) is 0 Å². The Morgan fingerprint density at radius 3 is 2.95 bits per heavy atom. The first-order valence-electron chi connectivity index (χ1n) is 6.64. The van der Waals surface area contributed by atoms with Gasteiger partial charge in [-0.05, 0) is 23.9 Å². The van der Waals surface area contributed by atoms with Crippen LogP contribution in [0, 0.1) is 0 Å². The van der Waals surface area contributed by atoms with Gasteiger partial charge in [-0.2, -0.15) is 5.10 Å². The van der Waals surface area contributed by atoms with Gasteiger partial charge in [0.05, 0.1) is 4.88 Å². The molecule has 3 heterocycles. The van der Waals surface area contributed by atoms with Crippen molar-refractivity contribution in [3.8, 4) is 16.5 Å². The maximum Gasteiger partial charge on any atom is 0.173 e. The fourth-order valence-electron chi connectivity index (χ4n) is 1.86. The highest BCUT2D eigenvalue weighted by molar-refractivity contribution is 7.13. The van der Waals surface area contributed by atoms with Gasteiger partial charge in [0.1, 0.15) is 5.82 Å². The second-order valence-electron chi connectivity index (χ2n) is 4.37. The molecule has 3 aromatic rings. The molecule has 0 spiro atoms. The lowest BCUT2D eigenvalue weighted by Gasteiger charge is -2.09. The van der Waals surface area contributed by atoms with Gasteiger partial charge in [0.15, 0.2) is 11.6 Å². The van der Waals surface area contributed by atoms with Crippen LogP contribution in [0.5, 0.6) is 0 Å². The first-order valence-corrected chi connectivity index (χ1v) is 7.52. The van der Waals surface area contributed by atoms with E-state index in [1.807, 2.05) is 35.8 Å². The van der Waals surface area contributed by atoms with E-state index in [2.05, 4.69) is 20.4 Å². The third kappa shape index (κ3) is 3.26. The number of aromatic nitrogens is 4. The molecule has 3 rings (SSSR count). The van der Waals surface area contributed by atoms with Crippen molar-refractivity contribution in [2.75, 3.05) is 18.5 Å². The van der Waals surface area contributed by atoms with Gasteiger partial charge in [0.25, 0.3) is 0 Å². The lowest BCUT2D eigenvalue weighted by molar-refractivity contribution is 0.292. The highest BCUT2D eigenvalue weighted by atomic mass is 32.1. The summed E-state index contributed by atoms with van der Waals surface area (Å²) in [6.07, 6.45) is 4.24. The lowest BCUT2D eigenvalue weighted by atomic mass is 10.4. The number of hydrogen-bond acceptors (Lipinski definition) is 6. The molecule has 0 amide bonds. The molecule has 108 valence electrons. The predicted octanol–water partition coefficient (Wildman–Crippen LogP) is 2.19. The molecule has 0 bridgehead atoms. The van der Waals surface area contributed by atoms with E-state index < -0.39 is 0 Å². The van der Waals surface area contributed by atoms with Crippen LogP contribution in [0.1, 0.15) is 6.42 Å². The van der Waals surface area contributed by atoms with E-state index >= 15 is 0 Å². The van der Waals surface area contributed by atoms with Crippen molar-refractivity contribution in [3.05, 3.63) is 42.0 Å². The molecule has 0 saturated heterocycles. The van der Waals surface area contributed by atoms with Crippen LogP contribution in [0.15, 0.2) is 42.0 Å². The van der Waals surface area contributed by atoms with Crippen molar-refractivity contribution in [1.29, 1.82) is 0 Å². The second kappa shape index (κ2) is 6.47. The smallest absolute Gasteiger partial charge is 0.173 e. The Morgan fingerprint density at radius 1 is 1.29 bits per heavy atom. The van der Waals surface area contributed by atoms with Crippen LogP contribution in [0.4, 0.5) is 5.82 Å². The Kier molecular flexibility index (Phi) is 4.23. The number of anilines is 1. The number of nitrogens with zero attached hydrogens (tertiary/aromatic N) is 4. The van der Waals surface area contributed by atoms with Gasteiger partial charge in [-0.1, -0.05) is 6.07 Å². The van der Waals surface area contributed by atoms with Gasteiger partial charge in [0, 0.05) is 31.6 Å². The van der Waals surface area contributed by atoms with Crippen molar-refractivity contribution in [3.63, 3.8) is 0 Å². The summed E-state index contributed by atoms with van der Waals surface area (Å²) in [5.74, 6) is 2.11. The van der Waals surface area contributed by atoms with Crippen LogP contribution in [0.2, 0.25) is 0 Å². The van der Waals surface area contributed by atoms with Crippen LogP contribution < -0.4 is 5.32 Å². The van der Waals surface area contributed by atoms with Crippen LogP contribution in [0.3, 0.4) is 0 Å². The van der Waals surface area contributed by atoms with Gasteiger partial charge in [-0.25, -0.2) is 14.6 Å². The van der Waals surface area contributed by atoms with Crippen molar-refractivity contribution >= 4 is 17.2 Å². The standard InChI is InChI=1S/C14H15N5OS/c20-8-3-5-15-12-10-13(19-7-2-6-16-19)18-14(17-12)11-4-1-9-21-11/h1-2,4,6-7,9-10,20H,3,5,8H2,(H,15,17,18). The monoisotopic (exact) mass is 301 g/mol. The molecular weight excluding hydrogens is 286 g/mol. The fraction of sp³-hybridized carbons (Fsp3) is 0.214. The third-order valence-corrected chi connectivity index (χ3v) is 3.70. The van der Waals surface area contributed by atoms with E-state index in [1.165, 1.54) is 0 Å². The summed E-state index contributed by atoms with van der Waals surface area (Å²) in [5.41, 5.74) is 0. The van der Waals surface area contributed by atoms with E-state index in [-0.39, 0.29) is 6.61 Å². The summed E-state index contributed by atoms with van der Waals surface area (Å²) in [5, 5.41) is 18.3. The van der Waals surface area contributed by atoms with E-state index in [0.717, 1.165) is 10.7 Å². The van der Waals surface area contributed by atoms with E-state index in [9.17, 15) is 0 Å². The zero-order valence-electron chi connectivity index (χ0n) is 11.3. The van der Waals surface area contributed by atoms with Crippen LogP contribution in [0.25, 0.3) is 16.5 Å². The van der Waals surface area contributed by atoms with Crippen molar-refractivity contribution < 1.29 is 5.11 Å². The normalized spacial score (nSPS) is 10.7. The minimum atomic E-state index is 0.155. The minimum Gasteiger partial charge on any atom is -0.396 e. The minimum absolute atomic E-state index is 0.155. The van der Waals surface area contributed by atoms with Crippen LogP contribution in [-0.4, -0.2) is 38.0 Å². The molecule has 0 saturated carbocycles. The van der Waals surface area contributed by atoms with Crippen LogP contribution in [-0.2, 0) is 0 Å². The zero-order chi connectivity index (χ0) is 14.5. The Bertz CT molecular complexity index is 629. The lowest BCUT2D eigenvalue weighted by Crippen LogP contribution is -2.08. The average molecular weight is 301 g/mol. The largest absolute Gasteiger partial charge is 0.396 e. The number of aliphatic hydroxyl groups excluding tert-OH is 1. The quantitative estimate of drug-likeness (QED) is 0.683. The van der Waals surface area contributed by atoms with Crippen molar-refractivity contribution in [1.82, 2.24) is 19.7 Å². The molecule has 0 aliphatic heterocycles. The highest BCUT2D eigenvalue weighted by Gasteiger charge is 2.09. The molecule has 3 aromatic heterocycles. The fourth-order valence-corrected chi connectivity index (χ4v) is 2.52. The molecule has 0 aliphatic rings. The molecular formula is C14H15N5OS. The number of hydrogen-bond donors (Lipinski definition) is 2. The van der Waals surface area contributed by atoms with Crippen molar-refractivity contribution in [2.45, 2.75) is 6.42 Å². The SMILES string of the molecule is OCCCNc1cc(-n2cccn2)nc(-c2cccs2)n1. The Balaban J connectivity index is 1.96. The van der Waals surface area contributed by atoms with Gasteiger partial charge in [0.2, 0.25) is 0 Å². The number of thiophene rings is 1. The number of rotatable bonds is 6. The summed E-state index contributed by atoms with van der Waals surface area (Å²) >= 11 is 1.60. The number of nitrogens with one attached hydrogen (secondary N) is 1. The van der Waals surface area contributed by atoms with Gasteiger partial charge < -0.3 is 10.4 Å². The van der Waals surface area contributed by atoms with E-state index in [4.69, 9.17) is 5.11 Å². The molecule has 0 atom stereocenters. The molecule has 0 fully saturated rings. The first-order chi connectivity index (χ1) is 10.4. The summed E-state index contributed by atoms with van der Waals surface area (Å²) in [6, 6.07) is 7.67. The highest BCUT2D eigenvalue weighted by Crippen LogP contribution is 2.23. The molecule has 0 unspecified atom stereocenters. The number of aliphatic hydroxyl groups is 1. The third-order valence-electron chi connectivity index (χ3n) is 2.83. The second-order valence-corrected chi connectivity index (χ2v) is 5.31. The van der Waals surface area contributed by atoms with E-state index in [0.29, 0.717) is 24.6 Å². The molecule has 0 aliphatic carbocycles. The average Bonchev–Trinajstić information content (AvgIpc) is 3.21. The van der Waals surface area contributed by atoms with Gasteiger partial charge >= 0.3 is 0 Å². The Labute approximate surface area is 126 Å². The first kappa shape index (κ1) is 13.7. The predicted molar refractivity (Wildman–Crippen MR) is 82.7 cm³/mol. The molecule has 0 aromatic carbocycles. The molecule has 6 nitrogen and oxygen atoms in total. The van der Waals surface area contributed by atoms with Crippen molar-refractivity contribution in [2.24, 2.45) is 0 Å². The summed E-state index contributed by atoms with van der Waals surface area (Å²) in [4.78, 5) is 10.1. The summed E-state index contributed by atoms with van der Waals surface area (Å²) in [7, 11) is 0. The zero-order valence-corrected chi connectivity index (χ0v) is 12.1.